The molecule has 0 atom stereocenters. The van der Waals surface area contributed by atoms with Gasteiger partial charge in [0, 0.05) is 0 Å². The van der Waals surface area contributed by atoms with Gasteiger partial charge in [-0.15, -0.1) is 0 Å². The standard InChI is InChI=1S/C7H3F5O.C7H8O.CH4/c1-13-7-5(11)3(9)2(8)4(10)6(7)12;1-8-7-5-3-2-4-6-7;/h1H3;2-6H,1H3;1H4. The van der Waals surface area contributed by atoms with Gasteiger partial charge in [0.15, 0.2) is 5.75 Å². The molecule has 0 bridgehead atoms. The highest BCUT2D eigenvalue weighted by atomic mass is 19.2. The predicted molar refractivity (Wildman–Crippen MR) is 72.5 cm³/mol. The third kappa shape index (κ3) is 4.34. The van der Waals surface area contributed by atoms with Crippen molar-refractivity contribution in [3.05, 3.63) is 59.4 Å². The van der Waals surface area contributed by atoms with Crippen molar-refractivity contribution < 1.29 is 31.4 Å². The summed E-state index contributed by atoms with van der Waals surface area (Å²) in [5, 5.41) is 0. The molecule has 0 amide bonds. The van der Waals surface area contributed by atoms with Crippen LogP contribution in [-0.2, 0) is 0 Å². The first kappa shape index (κ1) is 19.7. The first-order chi connectivity index (χ1) is 9.93. The average molecular weight is 322 g/mol. The van der Waals surface area contributed by atoms with Crippen LogP contribution in [-0.4, -0.2) is 14.2 Å². The van der Waals surface area contributed by atoms with Gasteiger partial charge in [-0.2, -0.15) is 8.78 Å². The fourth-order valence-corrected chi connectivity index (χ4v) is 1.32. The Morgan fingerprint density at radius 3 is 1.36 bits per heavy atom. The number of benzene rings is 2. The zero-order valence-electron chi connectivity index (χ0n) is 11.1. The maximum atomic E-state index is 12.6. The van der Waals surface area contributed by atoms with Crippen LogP contribution >= 0.6 is 0 Å². The molecule has 0 aliphatic heterocycles. The van der Waals surface area contributed by atoms with Crippen LogP contribution in [0.1, 0.15) is 7.43 Å². The van der Waals surface area contributed by atoms with E-state index in [0.29, 0.717) is 0 Å². The van der Waals surface area contributed by atoms with Crippen molar-refractivity contribution >= 4 is 0 Å². The predicted octanol–water partition coefficient (Wildman–Crippen LogP) is 4.72. The zero-order chi connectivity index (χ0) is 16.0. The molecular formula is C15H15F5O2. The minimum absolute atomic E-state index is 0. The lowest BCUT2D eigenvalue weighted by atomic mass is 10.3. The van der Waals surface area contributed by atoms with Crippen molar-refractivity contribution in [3.63, 3.8) is 0 Å². The largest absolute Gasteiger partial charge is 0.497 e. The first-order valence-electron chi connectivity index (χ1n) is 5.58. The lowest BCUT2D eigenvalue weighted by molar-refractivity contribution is 0.310. The molecule has 2 aromatic rings. The van der Waals surface area contributed by atoms with Crippen LogP contribution in [0.4, 0.5) is 22.0 Å². The van der Waals surface area contributed by atoms with Crippen molar-refractivity contribution in [2.24, 2.45) is 0 Å². The highest BCUT2D eigenvalue weighted by Gasteiger charge is 2.26. The molecule has 0 radical (unpaired) electrons. The van der Waals surface area contributed by atoms with Gasteiger partial charge >= 0.3 is 0 Å². The molecule has 0 saturated carbocycles. The quantitative estimate of drug-likeness (QED) is 0.452. The van der Waals surface area contributed by atoms with Gasteiger partial charge in [0.25, 0.3) is 0 Å². The van der Waals surface area contributed by atoms with Crippen molar-refractivity contribution in [1.29, 1.82) is 0 Å². The van der Waals surface area contributed by atoms with Gasteiger partial charge in [-0.1, -0.05) is 25.6 Å². The summed E-state index contributed by atoms with van der Waals surface area (Å²) in [6, 6.07) is 9.68. The number of hydrogen-bond donors (Lipinski definition) is 0. The summed E-state index contributed by atoms with van der Waals surface area (Å²) in [5.74, 6) is -10.6. The van der Waals surface area contributed by atoms with E-state index < -0.39 is 34.8 Å². The molecule has 0 aliphatic carbocycles. The van der Waals surface area contributed by atoms with Crippen LogP contribution in [0.3, 0.4) is 0 Å². The number of ether oxygens (including phenoxy) is 2. The number of hydrogen-bond acceptors (Lipinski definition) is 2. The Labute approximate surface area is 125 Å². The van der Waals surface area contributed by atoms with Crippen LogP contribution in [0.25, 0.3) is 0 Å². The molecule has 0 unspecified atom stereocenters. The lowest BCUT2D eigenvalue weighted by Crippen LogP contribution is -2.04. The molecule has 0 spiro atoms. The third-order valence-electron chi connectivity index (χ3n) is 2.35. The molecular weight excluding hydrogens is 307 g/mol. The highest BCUT2D eigenvalue weighted by molar-refractivity contribution is 5.29. The molecule has 2 rings (SSSR count). The Morgan fingerprint density at radius 2 is 1.05 bits per heavy atom. The van der Waals surface area contributed by atoms with E-state index >= 15 is 0 Å². The third-order valence-corrected chi connectivity index (χ3v) is 2.35. The summed E-state index contributed by atoms with van der Waals surface area (Å²) in [7, 11) is 2.47. The Hall–Kier alpha value is -2.31. The Kier molecular flexibility index (Phi) is 7.93. The van der Waals surface area contributed by atoms with E-state index in [4.69, 9.17) is 4.74 Å². The molecule has 0 aromatic heterocycles. The number of para-hydroxylation sites is 1. The summed E-state index contributed by atoms with van der Waals surface area (Å²) in [5.41, 5.74) is 0. The van der Waals surface area contributed by atoms with Gasteiger partial charge in [0.1, 0.15) is 5.75 Å². The minimum atomic E-state index is -2.20. The molecule has 2 nitrogen and oxygen atoms in total. The summed E-state index contributed by atoms with van der Waals surface area (Å²) >= 11 is 0. The summed E-state index contributed by atoms with van der Waals surface area (Å²) < 4.78 is 71.1. The molecule has 122 valence electrons. The Bertz CT molecular complexity index is 574. The summed E-state index contributed by atoms with van der Waals surface area (Å²) in [6.07, 6.45) is 0. The van der Waals surface area contributed by atoms with Crippen LogP contribution in [0, 0.1) is 29.1 Å². The van der Waals surface area contributed by atoms with Crippen LogP contribution in [0.15, 0.2) is 30.3 Å². The maximum Gasteiger partial charge on any atom is 0.206 e. The zero-order valence-corrected chi connectivity index (χ0v) is 11.1. The number of methoxy groups -OCH3 is 2. The second kappa shape index (κ2) is 8.86. The lowest BCUT2D eigenvalue weighted by Gasteiger charge is -2.05. The molecule has 7 heteroatoms. The van der Waals surface area contributed by atoms with Crippen molar-refractivity contribution in [2.45, 2.75) is 7.43 Å². The van der Waals surface area contributed by atoms with E-state index in [1.807, 2.05) is 30.3 Å². The Morgan fingerprint density at radius 1 is 0.636 bits per heavy atom. The van der Waals surface area contributed by atoms with E-state index in [1.54, 1.807) is 7.11 Å². The van der Waals surface area contributed by atoms with E-state index in [-0.39, 0.29) is 7.43 Å². The van der Waals surface area contributed by atoms with Crippen LogP contribution in [0.2, 0.25) is 0 Å². The average Bonchev–Trinajstić information content (AvgIpc) is 2.53. The molecule has 0 saturated heterocycles. The molecule has 0 heterocycles. The summed E-state index contributed by atoms with van der Waals surface area (Å²) in [4.78, 5) is 0. The molecule has 0 aliphatic rings. The van der Waals surface area contributed by atoms with Crippen molar-refractivity contribution in [1.82, 2.24) is 0 Å². The first-order valence-corrected chi connectivity index (χ1v) is 5.58. The molecule has 0 fully saturated rings. The van der Waals surface area contributed by atoms with Crippen molar-refractivity contribution in [2.75, 3.05) is 14.2 Å². The van der Waals surface area contributed by atoms with Crippen molar-refractivity contribution in [3.8, 4) is 11.5 Å². The number of halogens is 5. The maximum absolute atomic E-state index is 12.6. The SMILES string of the molecule is C.COc1c(F)c(F)c(F)c(F)c1F.COc1ccccc1. The summed E-state index contributed by atoms with van der Waals surface area (Å²) in [6.45, 7) is 0. The highest BCUT2D eigenvalue weighted by Crippen LogP contribution is 2.28. The second-order valence-corrected chi connectivity index (χ2v) is 3.62. The van der Waals surface area contributed by atoms with Gasteiger partial charge in [0.2, 0.25) is 29.1 Å². The molecule has 22 heavy (non-hydrogen) atoms. The minimum Gasteiger partial charge on any atom is -0.497 e. The van der Waals surface area contributed by atoms with Gasteiger partial charge in [-0.3, -0.25) is 0 Å². The number of rotatable bonds is 2. The Balaban J connectivity index is 0.000000423. The smallest absolute Gasteiger partial charge is 0.206 e. The molecule has 2 aromatic carbocycles. The van der Waals surface area contributed by atoms with Gasteiger partial charge < -0.3 is 9.47 Å². The second-order valence-electron chi connectivity index (χ2n) is 3.62. The van der Waals surface area contributed by atoms with E-state index in [0.717, 1.165) is 12.9 Å². The van der Waals surface area contributed by atoms with Crippen LogP contribution < -0.4 is 9.47 Å². The fraction of sp³-hybridized carbons (Fsp3) is 0.200. The van der Waals surface area contributed by atoms with Gasteiger partial charge in [0.05, 0.1) is 14.2 Å². The topological polar surface area (TPSA) is 18.5 Å². The van der Waals surface area contributed by atoms with E-state index in [2.05, 4.69) is 4.74 Å². The molecule has 0 N–H and O–H groups in total. The van der Waals surface area contributed by atoms with E-state index in [1.165, 1.54) is 0 Å². The van der Waals surface area contributed by atoms with Gasteiger partial charge in [-0.25, -0.2) is 13.2 Å². The normalized spacial score (nSPS) is 9.23. The fourth-order valence-electron chi connectivity index (χ4n) is 1.32. The van der Waals surface area contributed by atoms with Crippen LogP contribution in [0.5, 0.6) is 11.5 Å². The monoisotopic (exact) mass is 322 g/mol. The van der Waals surface area contributed by atoms with E-state index in [9.17, 15) is 22.0 Å². The van der Waals surface area contributed by atoms with Gasteiger partial charge in [-0.05, 0) is 12.1 Å².